The molecule has 3 aromatic rings. The molecule has 1 N–H and O–H groups in total. The second kappa shape index (κ2) is 7.48. The van der Waals surface area contributed by atoms with Gasteiger partial charge in [0.1, 0.15) is 0 Å². The van der Waals surface area contributed by atoms with Gasteiger partial charge in [-0.1, -0.05) is 12.1 Å². The summed E-state index contributed by atoms with van der Waals surface area (Å²) in [6, 6.07) is 10.5. The van der Waals surface area contributed by atoms with Gasteiger partial charge in [-0.2, -0.15) is 0 Å². The minimum absolute atomic E-state index is 0.0324. The van der Waals surface area contributed by atoms with Crippen LogP contribution in [-0.2, 0) is 9.84 Å². The number of aryl methyl sites for hydroxylation is 1. The molecule has 1 fully saturated rings. The molecular weight excluding hydrogens is 422 g/mol. The molecule has 0 bridgehead atoms. The Kier molecular flexibility index (Phi) is 5.11. The van der Waals surface area contributed by atoms with Crippen LogP contribution < -0.4 is 5.56 Å². The number of hydrogen-bond acceptors (Lipinski definition) is 5. The molecule has 4 rings (SSSR count). The van der Waals surface area contributed by atoms with Gasteiger partial charge in [-0.05, 0) is 61.5 Å². The largest absolute Gasteiger partial charge is 0.337 e. The summed E-state index contributed by atoms with van der Waals surface area (Å²) in [7, 11) is -3.07. The molecule has 156 valence electrons. The van der Waals surface area contributed by atoms with E-state index in [1.807, 2.05) is 32.0 Å². The van der Waals surface area contributed by atoms with Crippen LogP contribution in [-0.4, -0.2) is 53.4 Å². The van der Waals surface area contributed by atoms with Gasteiger partial charge in [0.25, 0.3) is 11.5 Å². The van der Waals surface area contributed by atoms with Crippen molar-refractivity contribution in [3.05, 3.63) is 68.2 Å². The number of nitrogens with one attached hydrogen (secondary N) is 1. The molecule has 0 atom stereocenters. The van der Waals surface area contributed by atoms with Crippen molar-refractivity contribution in [3.63, 3.8) is 0 Å². The van der Waals surface area contributed by atoms with Crippen molar-refractivity contribution in [2.45, 2.75) is 13.8 Å². The molecule has 0 aliphatic carbocycles. The first-order valence-electron chi connectivity index (χ1n) is 9.53. The molecule has 9 heteroatoms. The molecule has 2 heterocycles. The minimum Gasteiger partial charge on any atom is -0.337 e. The standard InChI is InChI=1S/C21H21N3O4S2/c1-13-4-3-5-18(14(13)2)24-20(26)16-7-6-15(12-17(16)22-21(24)29)19(25)23-8-10-30(27,28)11-9-23/h3-7,12H,8-11H2,1-2H3,(H,22,29). The van der Waals surface area contributed by atoms with Crippen LogP contribution >= 0.6 is 12.2 Å². The number of sulfone groups is 1. The van der Waals surface area contributed by atoms with Gasteiger partial charge in [0, 0.05) is 18.7 Å². The van der Waals surface area contributed by atoms with Crippen molar-refractivity contribution < 1.29 is 13.2 Å². The molecule has 30 heavy (non-hydrogen) atoms. The highest BCUT2D eigenvalue weighted by atomic mass is 32.2. The average Bonchev–Trinajstić information content (AvgIpc) is 2.70. The number of fused-ring (bicyclic) bond motifs is 1. The number of carbonyl (C=O) groups excluding carboxylic acids is 1. The summed E-state index contributed by atoms with van der Waals surface area (Å²) >= 11 is 5.46. The fourth-order valence-corrected chi connectivity index (χ4v) is 5.14. The number of hydrogen-bond donors (Lipinski definition) is 1. The summed E-state index contributed by atoms with van der Waals surface area (Å²) in [4.78, 5) is 30.6. The van der Waals surface area contributed by atoms with E-state index < -0.39 is 9.84 Å². The molecule has 2 aromatic carbocycles. The van der Waals surface area contributed by atoms with Crippen LogP contribution in [0.3, 0.4) is 0 Å². The van der Waals surface area contributed by atoms with Gasteiger partial charge in [-0.25, -0.2) is 8.42 Å². The van der Waals surface area contributed by atoms with Crippen LogP contribution in [0.1, 0.15) is 21.5 Å². The van der Waals surface area contributed by atoms with Crippen LogP contribution in [0.5, 0.6) is 0 Å². The maximum atomic E-state index is 13.2. The van der Waals surface area contributed by atoms with Crippen molar-refractivity contribution in [3.8, 4) is 5.69 Å². The van der Waals surface area contributed by atoms with Crippen molar-refractivity contribution >= 4 is 38.9 Å². The lowest BCUT2D eigenvalue weighted by atomic mass is 10.1. The smallest absolute Gasteiger partial charge is 0.266 e. The van der Waals surface area contributed by atoms with Gasteiger partial charge >= 0.3 is 0 Å². The van der Waals surface area contributed by atoms with E-state index in [9.17, 15) is 18.0 Å². The lowest BCUT2D eigenvalue weighted by Gasteiger charge is -2.26. The molecule has 0 radical (unpaired) electrons. The van der Waals surface area contributed by atoms with E-state index in [4.69, 9.17) is 12.2 Å². The Labute approximate surface area is 178 Å². The number of H-pyrrole nitrogens is 1. The molecule has 0 unspecified atom stereocenters. The molecule has 1 aliphatic rings. The van der Waals surface area contributed by atoms with Crippen LogP contribution in [0.2, 0.25) is 0 Å². The number of aromatic amines is 1. The van der Waals surface area contributed by atoms with Crippen LogP contribution in [0.15, 0.2) is 41.2 Å². The number of amides is 1. The molecular formula is C21H21N3O4S2. The highest BCUT2D eigenvalue weighted by molar-refractivity contribution is 7.91. The Morgan fingerprint density at radius 1 is 1.10 bits per heavy atom. The van der Waals surface area contributed by atoms with E-state index >= 15 is 0 Å². The number of nitrogens with zero attached hydrogens (tertiary/aromatic N) is 2. The van der Waals surface area contributed by atoms with Gasteiger partial charge in [0.15, 0.2) is 14.6 Å². The van der Waals surface area contributed by atoms with E-state index in [2.05, 4.69) is 4.98 Å². The normalized spacial score (nSPS) is 16.0. The number of benzene rings is 2. The second-order valence-corrected chi connectivity index (χ2v) is 10.2. The van der Waals surface area contributed by atoms with E-state index in [1.54, 1.807) is 18.2 Å². The van der Waals surface area contributed by atoms with E-state index in [0.29, 0.717) is 16.5 Å². The molecule has 7 nitrogen and oxygen atoms in total. The lowest BCUT2D eigenvalue weighted by molar-refractivity contribution is 0.0770. The average molecular weight is 444 g/mol. The first-order chi connectivity index (χ1) is 14.2. The highest BCUT2D eigenvalue weighted by Gasteiger charge is 2.26. The maximum Gasteiger partial charge on any atom is 0.266 e. The summed E-state index contributed by atoms with van der Waals surface area (Å²) in [5.41, 5.74) is 3.34. The summed E-state index contributed by atoms with van der Waals surface area (Å²) in [6.45, 7) is 4.25. The zero-order chi connectivity index (χ0) is 21.6. The van der Waals surface area contributed by atoms with Gasteiger partial charge in [-0.3, -0.25) is 14.2 Å². The predicted octanol–water partition coefficient (Wildman–Crippen LogP) is 2.54. The van der Waals surface area contributed by atoms with Gasteiger partial charge in [0.05, 0.1) is 28.1 Å². The summed E-state index contributed by atoms with van der Waals surface area (Å²) in [6.07, 6.45) is 0. The van der Waals surface area contributed by atoms with Crippen molar-refractivity contribution in [1.29, 1.82) is 0 Å². The third-order valence-corrected chi connectivity index (χ3v) is 7.49. The number of aromatic nitrogens is 2. The van der Waals surface area contributed by atoms with Crippen LogP contribution in [0, 0.1) is 18.6 Å². The summed E-state index contributed by atoms with van der Waals surface area (Å²) in [5, 5.41) is 0.419. The van der Waals surface area contributed by atoms with Gasteiger partial charge < -0.3 is 9.88 Å². The fraction of sp³-hybridized carbons (Fsp3) is 0.286. The van der Waals surface area contributed by atoms with E-state index in [0.717, 1.165) is 16.8 Å². The zero-order valence-electron chi connectivity index (χ0n) is 16.6. The zero-order valence-corrected chi connectivity index (χ0v) is 18.3. The molecule has 1 aliphatic heterocycles. The van der Waals surface area contributed by atoms with Gasteiger partial charge in [-0.15, -0.1) is 0 Å². The van der Waals surface area contributed by atoms with E-state index in [1.165, 1.54) is 9.47 Å². The molecule has 0 spiro atoms. The van der Waals surface area contributed by atoms with E-state index in [-0.39, 0.29) is 40.8 Å². The summed E-state index contributed by atoms with van der Waals surface area (Å²) in [5.74, 6) is -0.324. The first kappa shape index (κ1) is 20.5. The molecule has 0 saturated carbocycles. The number of carbonyl (C=O) groups is 1. The summed E-state index contributed by atoms with van der Waals surface area (Å²) < 4.78 is 24.9. The Morgan fingerprint density at radius 3 is 2.50 bits per heavy atom. The van der Waals surface area contributed by atoms with Crippen molar-refractivity contribution in [2.24, 2.45) is 0 Å². The monoisotopic (exact) mass is 443 g/mol. The van der Waals surface area contributed by atoms with Gasteiger partial charge in [0.2, 0.25) is 0 Å². The Morgan fingerprint density at radius 2 is 1.80 bits per heavy atom. The topological polar surface area (TPSA) is 92.2 Å². The fourth-order valence-electron chi connectivity index (χ4n) is 3.65. The van der Waals surface area contributed by atoms with Crippen LogP contribution in [0.25, 0.3) is 16.6 Å². The molecule has 1 amide bonds. The van der Waals surface area contributed by atoms with Crippen molar-refractivity contribution in [2.75, 3.05) is 24.6 Å². The third kappa shape index (κ3) is 3.59. The minimum atomic E-state index is -3.07. The second-order valence-electron chi connectivity index (χ2n) is 7.49. The first-order valence-corrected chi connectivity index (χ1v) is 11.8. The lowest BCUT2D eigenvalue weighted by Crippen LogP contribution is -2.43. The molecule has 1 saturated heterocycles. The SMILES string of the molecule is Cc1cccc(-n2c(=S)[nH]c3cc(C(=O)N4CCS(=O)(=O)CC4)ccc3c2=O)c1C. The molecule has 1 aromatic heterocycles. The predicted molar refractivity (Wildman–Crippen MR) is 119 cm³/mol. The highest BCUT2D eigenvalue weighted by Crippen LogP contribution is 2.19. The van der Waals surface area contributed by atoms with Crippen molar-refractivity contribution in [1.82, 2.24) is 14.5 Å². The maximum absolute atomic E-state index is 13.2. The Hall–Kier alpha value is -2.78. The Bertz CT molecular complexity index is 1390. The number of rotatable bonds is 2. The Balaban J connectivity index is 1.77. The van der Waals surface area contributed by atoms with Crippen LogP contribution in [0.4, 0.5) is 0 Å². The third-order valence-electron chi connectivity index (χ3n) is 5.59. The quantitative estimate of drug-likeness (QED) is 0.615.